The molecule has 2 nitrogen and oxygen atoms in total. The lowest BCUT2D eigenvalue weighted by molar-refractivity contribution is 0.0448. The molecule has 3 fully saturated rings. The standard InChI is InChI=1S/C19H36N2/c1-2-15-21(17-7-5-16(20)6-8-17)18-9-13-19(14-10-18)11-3-4-12-19/h16-18H,2-15,20H2,1H3. The molecule has 0 bridgehead atoms. The first-order chi connectivity index (χ1) is 10.2. The molecular weight excluding hydrogens is 256 g/mol. The number of hydrogen-bond acceptors (Lipinski definition) is 2. The van der Waals surface area contributed by atoms with E-state index in [-0.39, 0.29) is 0 Å². The van der Waals surface area contributed by atoms with Crippen molar-refractivity contribution in [3.63, 3.8) is 0 Å². The van der Waals surface area contributed by atoms with Crippen molar-refractivity contribution in [3.05, 3.63) is 0 Å². The van der Waals surface area contributed by atoms with Crippen molar-refractivity contribution in [1.82, 2.24) is 4.90 Å². The first kappa shape index (κ1) is 15.8. The van der Waals surface area contributed by atoms with Gasteiger partial charge in [-0.15, -0.1) is 0 Å². The molecule has 3 aliphatic rings. The van der Waals surface area contributed by atoms with Gasteiger partial charge in [0.2, 0.25) is 0 Å². The second-order valence-electron chi connectivity index (χ2n) is 8.24. The Morgan fingerprint density at radius 3 is 2.00 bits per heavy atom. The average Bonchev–Trinajstić information content (AvgIpc) is 2.95. The van der Waals surface area contributed by atoms with Crippen molar-refractivity contribution in [3.8, 4) is 0 Å². The van der Waals surface area contributed by atoms with Crippen LogP contribution >= 0.6 is 0 Å². The van der Waals surface area contributed by atoms with Gasteiger partial charge in [-0.25, -0.2) is 0 Å². The summed E-state index contributed by atoms with van der Waals surface area (Å²) in [5, 5.41) is 0. The molecule has 0 saturated heterocycles. The maximum atomic E-state index is 6.11. The van der Waals surface area contributed by atoms with Gasteiger partial charge in [-0.05, 0) is 82.6 Å². The first-order valence-corrected chi connectivity index (χ1v) is 9.74. The van der Waals surface area contributed by atoms with Crippen LogP contribution in [0.5, 0.6) is 0 Å². The van der Waals surface area contributed by atoms with Gasteiger partial charge in [0, 0.05) is 18.1 Å². The smallest absolute Gasteiger partial charge is 0.00993 e. The van der Waals surface area contributed by atoms with Gasteiger partial charge in [0.15, 0.2) is 0 Å². The first-order valence-electron chi connectivity index (χ1n) is 9.74. The highest BCUT2D eigenvalue weighted by atomic mass is 15.2. The molecule has 0 unspecified atom stereocenters. The number of hydrogen-bond donors (Lipinski definition) is 1. The van der Waals surface area contributed by atoms with Crippen LogP contribution in [0.3, 0.4) is 0 Å². The van der Waals surface area contributed by atoms with Crippen LogP contribution in [0.1, 0.15) is 90.4 Å². The van der Waals surface area contributed by atoms with Gasteiger partial charge in [0.1, 0.15) is 0 Å². The molecule has 122 valence electrons. The second-order valence-corrected chi connectivity index (χ2v) is 8.24. The van der Waals surface area contributed by atoms with Gasteiger partial charge < -0.3 is 5.73 Å². The summed E-state index contributed by atoms with van der Waals surface area (Å²) in [6, 6.07) is 2.21. The van der Waals surface area contributed by atoms with Crippen molar-refractivity contribution in [2.75, 3.05) is 6.54 Å². The lowest BCUT2D eigenvalue weighted by atomic mass is 9.70. The predicted molar refractivity (Wildman–Crippen MR) is 90.4 cm³/mol. The Morgan fingerprint density at radius 1 is 0.857 bits per heavy atom. The van der Waals surface area contributed by atoms with Crippen LogP contribution in [0.15, 0.2) is 0 Å². The topological polar surface area (TPSA) is 29.3 Å². The van der Waals surface area contributed by atoms with E-state index in [0.717, 1.165) is 17.5 Å². The second kappa shape index (κ2) is 7.00. The SMILES string of the molecule is CCCN(C1CCC(N)CC1)C1CCC2(CCCC2)CC1. The molecule has 0 atom stereocenters. The van der Waals surface area contributed by atoms with Crippen LogP contribution in [0.25, 0.3) is 0 Å². The molecule has 0 aromatic rings. The fourth-order valence-electron chi connectivity index (χ4n) is 5.53. The molecule has 0 aromatic carbocycles. The quantitative estimate of drug-likeness (QED) is 0.828. The van der Waals surface area contributed by atoms with E-state index in [2.05, 4.69) is 11.8 Å². The van der Waals surface area contributed by atoms with Crippen LogP contribution in [0, 0.1) is 5.41 Å². The molecule has 21 heavy (non-hydrogen) atoms. The van der Waals surface area contributed by atoms with Crippen LogP contribution in [0.2, 0.25) is 0 Å². The monoisotopic (exact) mass is 292 g/mol. The van der Waals surface area contributed by atoms with Crippen LogP contribution in [0.4, 0.5) is 0 Å². The van der Waals surface area contributed by atoms with E-state index in [9.17, 15) is 0 Å². The average molecular weight is 293 g/mol. The summed E-state index contributed by atoms with van der Waals surface area (Å²) >= 11 is 0. The highest BCUT2D eigenvalue weighted by Gasteiger charge is 2.40. The van der Waals surface area contributed by atoms with E-state index in [4.69, 9.17) is 5.73 Å². The molecule has 0 radical (unpaired) electrons. The normalized spacial score (nSPS) is 33.9. The zero-order chi connectivity index (χ0) is 14.7. The minimum absolute atomic E-state index is 0.484. The van der Waals surface area contributed by atoms with Crippen molar-refractivity contribution < 1.29 is 0 Å². The molecule has 0 amide bonds. The summed E-state index contributed by atoms with van der Waals surface area (Å²) in [6.45, 7) is 3.67. The third kappa shape index (κ3) is 3.64. The highest BCUT2D eigenvalue weighted by Crippen LogP contribution is 2.50. The number of nitrogens with two attached hydrogens (primary N) is 1. The number of nitrogens with zero attached hydrogens (tertiary/aromatic N) is 1. The molecule has 0 heterocycles. The van der Waals surface area contributed by atoms with Gasteiger partial charge >= 0.3 is 0 Å². The largest absolute Gasteiger partial charge is 0.328 e. The maximum Gasteiger partial charge on any atom is 0.00993 e. The fourth-order valence-corrected chi connectivity index (χ4v) is 5.53. The van der Waals surface area contributed by atoms with Gasteiger partial charge in [0.05, 0.1) is 0 Å². The van der Waals surface area contributed by atoms with E-state index >= 15 is 0 Å². The maximum absolute atomic E-state index is 6.11. The van der Waals surface area contributed by atoms with Gasteiger partial charge in [-0.2, -0.15) is 0 Å². The third-order valence-electron chi connectivity index (χ3n) is 6.84. The van der Waals surface area contributed by atoms with Gasteiger partial charge in [-0.3, -0.25) is 4.90 Å². The molecule has 0 aliphatic heterocycles. The molecule has 3 rings (SSSR count). The van der Waals surface area contributed by atoms with Gasteiger partial charge in [-0.1, -0.05) is 19.8 Å². The Balaban J connectivity index is 1.57. The van der Waals surface area contributed by atoms with Crippen molar-refractivity contribution >= 4 is 0 Å². The minimum atomic E-state index is 0.484. The van der Waals surface area contributed by atoms with Crippen LogP contribution in [-0.2, 0) is 0 Å². The summed E-state index contributed by atoms with van der Waals surface area (Å²) in [5.41, 5.74) is 6.89. The Hall–Kier alpha value is -0.0800. The Morgan fingerprint density at radius 2 is 1.43 bits per heavy atom. The van der Waals surface area contributed by atoms with E-state index in [1.165, 1.54) is 90.0 Å². The molecule has 0 aromatic heterocycles. The van der Waals surface area contributed by atoms with Crippen LogP contribution < -0.4 is 5.73 Å². The molecular formula is C19H36N2. The lowest BCUT2D eigenvalue weighted by Gasteiger charge is -2.46. The molecule has 3 saturated carbocycles. The van der Waals surface area contributed by atoms with Crippen molar-refractivity contribution in [1.29, 1.82) is 0 Å². The minimum Gasteiger partial charge on any atom is -0.328 e. The zero-order valence-corrected chi connectivity index (χ0v) is 14.2. The van der Waals surface area contributed by atoms with E-state index in [1.807, 2.05) is 0 Å². The number of rotatable bonds is 4. The van der Waals surface area contributed by atoms with E-state index < -0.39 is 0 Å². The van der Waals surface area contributed by atoms with E-state index in [1.54, 1.807) is 0 Å². The van der Waals surface area contributed by atoms with Crippen LogP contribution in [-0.4, -0.2) is 29.6 Å². The third-order valence-corrected chi connectivity index (χ3v) is 6.84. The molecule has 1 spiro atoms. The van der Waals surface area contributed by atoms with Crippen molar-refractivity contribution in [2.24, 2.45) is 11.1 Å². The predicted octanol–water partition coefficient (Wildman–Crippen LogP) is 4.47. The van der Waals surface area contributed by atoms with E-state index in [0.29, 0.717) is 6.04 Å². The Bertz CT molecular complexity index is 304. The Labute approximate surface area is 131 Å². The molecule has 3 aliphatic carbocycles. The van der Waals surface area contributed by atoms with Gasteiger partial charge in [0.25, 0.3) is 0 Å². The summed E-state index contributed by atoms with van der Waals surface area (Å²) in [6.07, 6.45) is 18.6. The fraction of sp³-hybridized carbons (Fsp3) is 1.00. The summed E-state index contributed by atoms with van der Waals surface area (Å²) in [7, 11) is 0. The molecule has 2 N–H and O–H groups in total. The summed E-state index contributed by atoms with van der Waals surface area (Å²) in [5.74, 6) is 0. The zero-order valence-electron chi connectivity index (χ0n) is 14.2. The summed E-state index contributed by atoms with van der Waals surface area (Å²) in [4.78, 5) is 2.91. The molecule has 2 heteroatoms. The lowest BCUT2D eigenvalue weighted by Crippen LogP contribution is -2.48. The highest BCUT2D eigenvalue weighted by molar-refractivity contribution is 4.94. The van der Waals surface area contributed by atoms with Crippen molar-refractivity contribution in [2.45, 2.75) is 109 Å². The summed E-state index contributed by atoms with van der Waals surface area (Å²) < 4.78 is 0. The Kier molecular flexibility index (Phi) is 5.27.